The molecule has 3 aromatic heterocycles. The first-order valence-corrected chi connectivity index (χ1v) is 20.3. The van der Waals surface area contributed by atoms with E-state index in [-0.39, 0.29) is 0 Å². The third-order valence-corrected chi connectivity index (χ3v) is 12.2. The molecule has 0 N–H and O–H groups in total. The average Bonchev–Trinajstić information content (AvgIpc) is 3.86. The molecule has 0 aliphatic heterocycles. The zero-order chi connectivity index (χ0) is 39.3. The summed E-state index contributed by atoms with van der Waals surface area (Å²) in [5.74, 6) is 1.85. The van der Waals surface area contributed by atoms with Gasteiger partial charge in [0, 0.05) is 43.9 Å². The van der Waals surface area contributed by atoms with Crippen molar-refractivity contribution in [1.82, 2.24) is 19.5 Å². The summed E-state index contributed by atoms with van der Waals surface area (Å²) in [5, 5.41) is 14.2. The van der Waals surface area contributed by atoms with Crippen LogP contribution in [0.3, 0.4) is 0 Å². The van der Waals surface area contributed by atoms with E-state index in [1.54, 1.807) is 0 Å². The quantitative estimate of drug-likeness (QED) is 0.167. The lowest BCUT2D eigenvalue weighted by Gasteiger charge is -2.14. The summed E-state index contributed by atoms with van der Waals surface area (Å²) < 4.78 is 8.58. The predicted octanol–water partition coefficient (Wildman–Crippen LogP) is 14.5. The molecule has 0 bridgehead atoms. The number of aromatic nitrogens is 4. The first-order chi connectivity index (χ1) is 29.7. The van der Waals surface area contributed by atoms with Crippen molar-refractivity contribution in [2.24, 2.45) is 0 Å². The molecule has 0 radical (unpaired) electrons. The van der Waals surface area contributed by atoms with Crippen LogP contribution < -0.4 is 0 Å². The van der Waals surface area contributed by atoms with Crippen LogP contribution in [0.1, 0.15) is 0 Å². The lowest BCUT2D eigenvalue weighted by Crippen LogP contribution is -2.00. The monoisotopic (exact) mass is 764 g/mol. The number of para-hydroxylation sites is 2. The highest BCUT2D eigenvalue weighted by Crippen LogP contribution is 2.40. The van der Waals surface area contributed by atoms with E-state index in [0.29, 0.717) is 17.5 Å². The Labute approximate surface area is 343 Å². The Morgan fingerprint density at radius 2 is 0.850 bits per heavy atom. The summed E-state index contributed by atoms with van der Waals surface area (Å²) in [6, 6.07) is 68.7. The zero-order valence-corrected chi connectivity index (χ0v) is 32.2. The first-order valence-electron chi connectivity index (χ1n) is 20.3. The Kier molecular flexibility index (Phi) is 6.95. The number of furan rings is 1. The Bertz CT molecular complexity index is 3870. The maximum Gasteiger partial charge on any atom is 0.164 e. The van der Waals surface area contributed by atoms with E-state index < -0.39 is 0 Å². The number of hydrogen-bond donors (Lipinski definition) is 0. The van der Waals surface area contributed by atoms with E-state index in [4.69, 9.17) is 19.4 Å². The minimum absolute atomic E-state index is 0.605. The van der Waals surface area contributed by atoms with Crippen molar-refractivity contribution in [3.63, 3.8) is 0 Å². The van der Waals surface area contributed by atoms with E-state index in [2.05, 4.69) is 168 Å². The fourth-order valence-corrected chi connectivity index (χ4v) is 9.47. The van der Waals surface area contributed by atoms with Gasteiger partial charge in [-0.25, -0.2) is 15.0 Å². The Balaban J connectivity index is 1.03. The molecule has 10 aromatic carbocycles. The smallest absolute Gasteiger partial charge is 0.164 e. The van der Waals surface area contributed by atoms with Crippen LogP contribution >= 0.6 is 0 Å². The van der Waals surface area contributed by atoms with Crippen LogP contribution in [0.15, 0.2) is 199 Å². The topological polar surface area (TPSA) is 56.7 Å². The Morgan fingerprint density at radius 1 is 0.317 bits per heavy atom. The van der Waals surface area contributed by atoms with Gasteiger partial charge in [-0.3, -0.25) is 0 Å². The number of benzene rings is 10. The highest BCUT2D eigenvalue weighted by molar-refractivity contribution is 6.25. The molecule has 0 aliphatic rings. The number of rotatable bonds is 4. The van der Waals surface area contributed by atoms with Gasteiger partial charge in [0.15, 0.2) is 17.5 Å². The van der Waals surface area contributed by atoms with Gasteiger partial charge in [-0.1, -0.05) is 133 Å². The van der Waals surface area contributed by atoms with Gasteiger partial charge in [0.2, 0.25) is 0 Å². The lowest BCUT2D eigenvalue weighted by molar-refractivity contribution is 0.669. The maximum atomic E-state index is 6.19. The summed E-state index contributed by atoms with van der Waals surface area (Å²) in [7, 11) is 0. The molecule has 13 rings (SSSR count). The highest BCUT2D eigenvalue weighted by Gasteiger charge is 2.19. The molecule has 278 valence electrons. The lowest BCUT2D eigenvalue weighted by atomic mass is 9.94. The molecular formula is C55H32N4O. The molecule has 0 saturated heterocycles. The fraction of sp³-hybridized carbons (Fsp3) is 0. The molecule has 0 fully saturated rings. The number of fused-ring (bicyclic) bond motifs is 13. The molecule has 5 heteroatoms. The van der Waals surface area contributed by atoms with Gasteiger partial charge in [0.25, 0.3) is 0 Å². The van der Waals surface area contributed by atoms with Gasteiger partial charge in [-0.05, 0) is 104 Å². The van der Waals surface area contributed by atoms with Crippen LogP contribution in [-0.4, -0.2) is 19.5 Å². The van der Waals surface area contributed by atoms with Crippen LogP contribution in [0.25, 0.3) is 127 Å². The molecule has 13 aromatic rings. The van der Waals surface area contributed by atoms with E-state index >= 15 is 0 Å². The van der Waals surface area contributed by atoms with Gasteiger partial charge >= 0.3 is 0 Å². The third kappa shape index (κ3) is 4.90. The average molecular weight is 765 g/mol. The predicted molar refractivity (Wildman–Crippen MR) is 248 cm³/mol. The van der Waals surface area contributed by atoms with Crippen molar-refractivity contribution >= 4 is 86.8 Å². The second kappa shape index (κ2) is 12.7. The number of nitrogens with zero attached hydrogens (tertiary/aromatic N) is 4. The van der Waals surface area contributed by atoms with Crippen LogP contribution in [-0.2, 0) is 0 Å². The third-order valence-electron chi connectivity index (χ3n) is 12.2. The van der Waals surface area contributed by atoms with Gasteiger partial charge in [-0.15, -0.1) is 0 Å². The molecule has 3 heterocycles. The second-order valence-corrected chi connectivity index (χ2v) is 15.5. The molecule has 0 aliphatic carbocycles. The van der Waals surface area contributed by atoms with Crippen molar-refractivity contribution in [1.29, 1.82) is 0 Å². The van der Waals surface area contributed by atoms with E-state index in [1.807, 2.05) is 30.3 Å². The normalized spacial score (nSPS) is 12.0. The molecule has 0 atom stereocenters. The Morgan fingerprint density at radius 3 is 1.62 bits per heavy atom. The van der Waals surface area contributed by atoms with E-state index in [1.165, 1.54) is 37.7 Å². The van der Waals surface area contributed by atoms with Gasteiger partial charge < -0.3 is 8.98 Å². The maximum absolute atomic E-state index is 6.19. The van der Waals surface area contributed by atoms with Crippen LogP contribution in [0, 0.1) is 0 Å². The Hall–Kier alpha value is -8.15. The molecule has 0 saturated carbocycles. The van der Waals surface area contributed by atoms with Crippen molar-refractivity contribution in [2.75, 3.05) is 0 Å². The molecule has 0 amide bonds. The molecule has 0 unspecified atom stereocenters. The summed E-state index contributed by atoms with van der Waals surface area (Å²) in [6.45, 7) is 0. The standard InChI is InChI=1S/C55H32N4O/c1-2-14-37-33(12-1)13-11-21-45(37)55-57-53(56-54(58-55)35-25-29-52-48(31-35)44-20-8-10-23-51(44)60-52)34-24-28-50-47(30-34)43-19-7-9-22-49(43)59(50)36-26-27-42-40-17-4-3-15-38(40)39-16-5-6-18-41(39)46(42)32-36/h1-32H. The summed E-state index contributed by atoms with van der Waals surface area (Å²) in [5.41, 5.74) is 7.84. The van der Waals surface area contributed by atoms with Gasteiger partial charge in [0.05, 0.1) is 11.0 Å². The van der Waals surface area contributed by atoms with Crippen LogP contribution in [0.5, 0.6) is 0 Å². The summed E-state index contributed by atoms with van der Waals surface area (Å²) in [6.07, 6.45) is 0. The summed E-state index contributed by atoms with van der Waals surface area (Å²) in [4.78, 5) is 15.7. The molecule has 5 nitrogen and oxygen atoms in total. The van der Waals surface area contributed by atoms with Crippen molar-refractivity contribution in [3.8, 4) is 39.9 Å². The van der Waals surface area contributed by atoms with Crippen molar-refractivity contribution in [3.05, 3.63) is 194 Å². The van der Waals surface area contributed by atoms with Crippen LogP contribution in [0.4, 0.5) is 0 Å². The zero-order valence-electron chi connectivity index (χ0n) is 32.2. The van der Waals surface area contributed by atoms with E-state index in [9.17, 15) is 0 Å². The van der Waals surface area contributed by atoms with Gasteiger partial charge in [-0.2, -0.15) is 0 Å². The number of hydrogen-bond acceptors (Lipinski definition) is 4. The minimum atomic E-state index is 0.605. The minimum Gasteiger partial charge on any atom is -0.456 e. The summed E-state index contributed by atoms with van der Waals surface area (Å²) >= 11 is 0. The van der Waals surface area contributed by atoms with Crippen molar-refractivity contribution in [2.45, 2.75) is 0 Å². The van der Waals surface area contributed by atoms with Gasteiger partial charge in [0.1, 0.15) is 11.2 Å². The highest BCUT2D eigenvalue weighted by atomic mass is 16.3. The largest absolute Gasteiger partial charge is 0.456 e. The van der Waals surface area contributed by atoms with E-state index in [0.717, 1.165) is 71.5 Å². The fourth-order valence-electron chi connectivity index (χ4n) is 9.47. The molecule has 60 heavy (non-hydrogen) atoms. The van der Waals surface area contributed by atoms with Crippen molar-refractivity contribution < 1.29 is 4.42 Å². The SMILES string of the molecule is c1ccc2c(-c3nc(-c4ccc5oc6ccccc6c5c4)nc(-c4ccc5c(c4)c4ccccc4n5-c4ccc5c6ccccc6c6ccccc6c5c4)n3)cccc2c1. The van der Waals surface area contributed by atoms with Crippen LogP contribution in [0.2, 0.25) is 0 Å². The molecular weight excluding hydrogens is 733 g/mol. The second-order valence-electron chi connectivity index (χ2n) is 15.5. The first kappa shape index (κ1) is 32.9. The molecule has 0 spiro atoms.